The molecule has 1 N–H and O–H groups in total. The van der Waals surface area contributed by atoms with Crippen molar-refractivity contribution in [2.45, 2.75) is 25.4 Å². The minimum absolute atomic E-state index is 0. The van der Waals surface area contributed by atoms with Gasteiger partial charge in [0.25, 0.3) is 0 Å². The van der Waals surface area contributed by atoms with Crippen LogP contribution in [0.15, 0.2) is 78.4 Å². The Morgan fingerprint density at radius 2 is 1.48 bits per heavy atom. The fourth-order valence-electron chi connectivity index (χ4n) is 4.36. The summed E-state index contributed by atoms with van der Waals surface area (Å²) in [4.78, 5) is 0. The van der Waals surface area contributed by atoms with Crippen molar-refractivity contribution < 1.29 is 53.3 Å². The van der Waals surface area contributed by atoms with Crippen LogP contribution < -0.4 is 24.8 Å². The number of halogens is 2. The topological polar surface area (TPSA) is 20.2 Å². The van der Waals surface area contributed by atoms with E-state index in [0.29, 0.717) is 0 Å². The van der Waals surface area contributed by atoms with Crippen molar-refractivity contribution in [1.82, 2.24) is 0 Å². The Morgan fingerprint density at radius 3 is 2.23 bits per heavy atom. The Hall–Kier alpha value is -1.09. The maximum atomic E-state index is 9.56. The van der Waals surface area contributed by atoms with E-state index in [-0.39, 0.29) is 42.8 Å². The third-order valence-electron chi connectivity index (χ3n) is 5.42. The standard InChI is InChI=1S/C24H19O.C2H6Si.2ClH.Zr/c25-13-12-18-14-16-6-2-4-9-20(16)24(18)22-11-5-10-21-19-8-3-1-7-17(19)15-23(21)22;1-3-2;;;/h1-11,14-15,24-25H,12-13H2;1-2H3;2*1H;/q-1;;;;+2/p-2. The van der Waals surface area contributed by atoms with Gasteiger partial charge < -0.3 is 29.9 Å². The van der Waals surface area contributed by atoms with Gasteiger partial charge in [-0.3, -0.25) is 0 Å². The van der Waals surface area contributed by atoms with E-state index in [9.17, 15) is 5.11 Å². The number of aliphatic hydroxyl groups is 1. The Balaban J connectivity index is 0.000000527. The second kappa shape index (κ2) is 11.7. The van der Waals surface area contributed by atoms with E-state index in [1.165, 1.54) is 43.8 Å². The fourth-order valence-corrected chi connectivity index (χ4v) is 4.36. The molecule has 1 aliphatic carbocycles. The molecule has 0 spiro atoms. The van der Waals surface area contributed by atoms with Gasteiger partial charge in [0.05, 0.1) is 0 Å². The van der Waals surface area contributed by atoms with Crippen molar-refractivity contribution >= 4 is 33.1 Å². The molecule has 0 saturated carbocycles. The van der Waals surface area contributed by atoms with Crippen molar-refractivity contribution in [3.63, 3.8) is 0 Å². The fraction of sp³-hybridized carbons (Fsp3) is 0.192. The SMILES string of the molecule is C[Si](C)=[Zr+2].OCCC1=Cc2ccccc2C1c1cccc2c1[cH-]c1ccccc12.[Cl-].[Cl-]. The number of hydrogen-bond donors (Lipinski definition) is 1. The van der Waals surface area contributed by atoms with Crippen LogP contribution in [0.1, 0.15) is 29.0 Å². The largest absolute Gasteiger partial charge is 1.00 e. The quantitative estimate of drug-likeness (QED) is 0.294. The molecule has 1 nitrogen and oxygen atoms in total. The smallest absolute Gasteiger partial charge is 0.0468 e. The van der Waals surface area contributed by atoms with E-state index in [1.807, 2.05) is 0 Å². The van der Waals surface area contributed by atoms with Crippen LogP contribution in [0.3, 0.4) is 0 Å². The molecule has 0 radical (unpaired) electrons. The first-order valence-corrected chi connectivity index (χ1v) is 16.3. The van der Waals surface area contributed by atoms with E-state index in [4.69, 9.17) is 0 Å². The molecule has 0 saturated heterocycles. The Labute approximate surface area is 212 Å². The predicted octanol–water partition coefficient (Wildman–Crippen LogP) is 0.416. The van der Waals surface area contributed by atoms with Crippen molar-refractivity contribution in [1.29, 1.82) is 0 Å². The van der Waals surface area contributed by atoms with Crippen LogP contribution in [-0.2, 0) is 23.3 Å². The van der Waals surface area contributed by atoms with Crippen molar-refractivity contribution in [3.05, 3.63) is 95.1 Å². The molecule has 0 amide bonds. The molecule has 1 aliphatic rings. The minimum Gasteiger partial charge on any atom is -1.00 e. The molecule has 1 atom stereocenters. The molecule has 31 heavy (non-hydrogen) atoms. The van der Waals surface area contributed by atoms with Gasteiger partial charge >= 0.3 is 41.9 Å². The molecular weight excluding hydrogens is 519 g/mol. The van der Waals surface area contributed by atoms with Gasteiger partial charge in [-0.05, 0) is 17.5 Å². The number of hydrogen-bond acceptors (Lipinski definition) is 1. The molecule has 0 aliphatic heterocycles. The summed E-state index contributed by atoms with van der Waals surface area (Å²) in [6, 6.07) is 26.2. The zero-order valence-corrected chi connectivity index (χ0v) is 22.7. The van der Waals surface area contributed by atoms with Crippen molar-refractivity contribution in [2.75, 3.05) is 6.61 Å². The number of rotatable bonds is 3. The van der Waals surface area contributed by atoms with Crippen LogP contribution in [0.4, 0.5) is 0 Å². The zero-order chi connectivity index (χ0) is 20.4. The van der Waals surface area contributed by atoms with Gasteiger partial charge in [0.1, 0.15) is 0 Å². The molecule has 5 heteroatoms. The van der Waals surface area contributed by atoms with Gasteiger partial charge in [-0.2, -0.15) is 0 Å². The summed E-state index contributed by atoms with van der Waals surface area (Å²) in [6.07, 6.45) is 2.98. The molecule has 4 aromatic rings. The normalized spacial score (nSPS) is 14.1. The van der Waals surface area contributed by atoms with Gasteiger partial charge in [-0.1, -0.05) is 77.9 Å². The Bertz CT molecular complexity index is 1220. The maximum Gasteiger partial charge on any atom is 0.0468 e. The molecule has 5 rings (SSSR count). The summed E-state index contributed by atoms with van der Waals surface area (Å²) in [5.74, 6) is 0.240. The third-order valence-corrected chi connectivity index (χ3v) is 5.42. The van der Waals surface area contributed by atoms with Gasteiger partial charge in [-0.25, -0.2) is 0 Å². The van der Waals surface area contributed by atoms with Crippen LogP contribution in [0.2, 0.25) is 13.1 Å². The summed E-state index contributed by atoms with van der Waals surface area (Å²) in [5, 5.41) is 14.8. The first-order valence-electron chi connectivity index (χ1n) is 10.1. The van der Waals surface area contributed by atoms with Crippen molar-refractivity contribution in [3.8, 4) is 0 Å². The van der Waals surface area contributed by atoms with Gasteiger partial charge in [0.15, 0.2) is 0 Å². The average Bonchev–Trinajstić information content (AvgIpc) is 3.26. The van der Waals surface area contributed by atoms with Crippen LogP contribution in [0, 0.1) is 0 Å². The summed E-state index contributed by atoms with van der Waals surface area (Å²) in [5.41, 5.74) is 5.50. The average molecular weight is 544 g/mol. The molecule has 1 unspecified atom stereocenters. The summed E-state index contributed by atoms with van der Waals surface area (Å²) < 4.78 is 0. The molecule has 0 heterocycles. The molecule has 0 aromatic heterocycles. The second-order valence-electron chi connectivity index (χ2n) is 7.79. The van der Waals surface area contributed by atoms with Crippen LogP contribution in [0.5, 0.6) is 0 Å². The maximum absolute atomic E-state index is 9.56. The predicted molar refractivity (Wildman–Crippen MR) is 122 cm³/mol. The number of fused-ring (bicyclic) bond motifs is 4. The van der Waals surface area contributed by atoms with Crippen LogP contribution in [0.25, 0.3) is 27.6 Å². The van der Waals surface area contributed by atoms with Crippen LogP contribution in [-0.4, -0.2) is 17.1 Å². The summed E-state index contributed by atoms with van der Waals surface area (Å²) in [7, 11) is 0. The van der Waals surface area contributed by atoms with E-state index in [1.54, 1.807) is 23.3 Å². The molecule has 0 fully saturated rings. The van der Waals surface area contributed by atoms with Crippen LogP contribution >= 0.6 is 0 Å². The minimum atomic E-state index is 0. The summed E-state index contributed by atoms with van der Waals surface area (Å²) in [6.45, 7) is 4.81. The molecular formula is C26H25Cl2OSiZr-. The van der Waals surface area contributed by atoms with E-state index in [2.05, 4.69) is 92.0 Å². The zero-order valence-electron chi connectivity index (χ0n) is 17.7. The van der Waals surface area contributed by atoms with Crippen molar-refractivity contribution in [2.24, 2.45) is 0 Å². The van der Waals surface area contributed by atoms with E-state index < -0.39 is 0 Å². The number of aliphatic hydroxyl groups excluding tert-OH is 1. The second-order valence-corrected chi connectivity index (χ2v) is 17.2. The third kappa shape index (κ3) is 5.46. The molecule has 0 bridgehead atoms. The Morgan fingerprint density at radius 1 is 0.871 bits per heavy atom. The van der Waals surface area contributed by atoms with E-state index >= 15 is 0 Å². The van der Waals surface area contributed by atoms with Gasteiger partial charge in [-0.15, -0.1) is 33.7 Å². The first-order chi connectivity index (χ1) is 14.1. The van der Waals surface area contributed by atoms with E-state index in [0.717, 1.165) is 6.42 Å². The molecule has 158 valence electrons. The Kier molecular flexibility index (Phi) is 9.86. The molecule has 4 aromatic carbocycles. The monoisotopic (exact) mass is 541 g/mol. The number of benzene rings is 3. The van der Waals surface area contributed by atoms with Gasteiger partial charge in [0, 0.05) is 12.5 Å². The summed E-state index contributed by atoms with van der Waals surface area (Å²) >= 11 is 1.74. The van der Waals surface area contributed by atoms with Gasteiger partial charge in [0.2, 0.25) is 0 Å². The first kappa shape index (κ1) is 26.2.